The first-order chi connectivity index (χ1) is 5.47. The number of pyridine rings is 1. The first-order valence-corrected chi connectivity index (χ1v) is 5.01. The van der Waals surface area contributed by atoms with Crippen LogP contribution >= 0.6 is 35.7 Å². The quantitative estimate of drug-likeness (QED) is 0.681. The van der Waals surface area contributed by atoms with Gasteiger partial charge >= 0.3 is 0 Å². The number of hydrogen-bond acceptors (Lipinski definition) is 2. The van der Waals surface area contributed by atoms with Crippen LogP contribution in [0.15, 0.2) is 23.4 Å². The van der Waals surface area contributed by atoms with Crippen molar-refractivity contribution < 1.29 is 0 Å². The van der Waals surface area contributed by atoms with E-state index < -0.39 is 0 Å². The van der Waals surface area contributed by atoms with Gasteiger partial charge in [0.2, 0.25) is 0 Å². The zero-order valence-electron chi connectivity index (χ0n) is 7.41. The molecule has 0 spiro atoms. The Balaban J connectivity index is 0.000000378. The van der Waals surface area contributed by atoms with Crippen LogP contribution in [0.3, 0.4) is 0 Å². The minimum atomic E-state index is 0. The lowest BCUT2D eigenvalue weighted by molar-refractivity contribution is 1.10. The van der Waals surface area contributed by atoms with Crippen molar-refractivity contribution in [3.63, 3.8) is 0 Å². The molecule has 1 aromatic rings. The fourth-order valence-corrected chi connectivity index (χ4v) is 2.05. The molecule has 0 N–H and O–H groups in total. The van der Waals surface area contributed by atoms with Crippen LogP contribution in [0.2, 0.25) is 0 Å². The van der Waals surface area contributed by atoms with Crippen molar-refractivity contribution in [1.29, 1.82) is 0 Å². The van der Waals surface area contributed by atoms with Gasteiger partial charge in [-0.1, -0.05) is 13.8 Å². The maximum atomic E-state index is 4.04. The molecular weight excluding hydrogens is 281 g/mol. The molecule has 0 saturated heterocycles. The first kappa shape index (κ1) is 12.2. The molecule has 0 fully saturated rings. The third-order valence-corrected chi connectivity index (χ3v) is 2.59. The van der Waals surface area contributed by atoms with E-state index in [4.69, 9.17) is 0 Å². The Hall–Kier alpha value is 0.230. The van der Waals surface area contributed by atoms with Gasteiger partial charge in [0.05, 0.1) is 0 Å². The van der Waals surface area contributed by atoms with Crippen LogP contribution in [0.1, 0.15) is 19.4 Å². The van der Waals surface area contributed by atoms with E-state index in [1.54, 1.807) is 0 Å². The van der Waals surface area contributed by atoms with Gasteiger partial charge < -0.3 is 0 Å². The van der Waals surface area contributed by atoms with Gasteiger partial charge in [0.15, 0.2) is 0 Å². The number of halogens is 1. The molecule has 0 saturated carbocycles. The van der Waals surface area contributed by atoms with Crippen LogP contribution in [0.4, 0.5) is 0 Å². The Morgan fingerprint density at radius 2 is 2.17 bits per heavy atom. The Morgan fingerprint density at radius 1 is 1.42 bits per heavy atom. The number of fused-ring (bicyclic) bond motifs is 1. The SMILES string of the molecule is CC.I.c1cc2c(cn1)SCC2. The average Bonchev–Trinajstić information content (AvgIpc) is 2.55. The van der Waals surface area contributed by atoms with Crippen LogP contribution in [-0.4, -0.2) is 10.7 Å². The Morgan fingerprint density at radius 3 is 2.83 bits per heavy atom. The summed E-state index contributed by atoms with van der Waals surface area (Å²) >= 11 is 1.91. The van der Waals surface area contributed by atoms with Gasteiger partial charge in [-0.3, -0.25) is 4.98 Å². The largest absolute Gasteiger partial charge is 0.264 e. The van der Waals surface area contributed by atoms with E-state index in [0.29, 0.717) is 0 Å². The molecular formula is C9H14INS. The van der Waals surface area contributed by atoms with Crippen molar-refractivity contribution in [1.82, 2.24) is 4.98 Å². The molecule has 3 heteroatoms. The smallest absolute Gasteiger partial charge is 0.0406 e. The van der Waals surface area contributed by atoms with Gasteiger partial charge in [-0.25, -0.2) is 0 Å². The maximum absolute atomic E-state index is 4.04. The average molecular weight is 295 g/mol. The predicted octanol–water partition coefficient (Wildman–Crippen LogP) is 3.37. The van der Waals surface area contributed by atoms with Crippen molar-refractivity contribution in [2.45, 2.75) is 25.2 Å². The topological polar surface area (TPSA) is 12.9 Å². The van der Waals surface area contributed by atoms with E-state index in [2.05, 4.69) is 11.1 Å². The summed E-state index contributed by atoms with van der Waals surface area (Å²) in [7, 11) is 0. The lowest BCUT2D eigenvalue weighted by Crippen LogP contribution is -1.79. The zero-order valence-corrected chi connectivity index (χ0v) is 10.6. The van der Waals surface area contributed by atoms with Crippen LogP contribution in [0.5, 0.6) is 0 Å². The van der Waals surface area contributed by atoms with Crippen LogP contribution in [-0.2, 0) is 6.42 Å². The molecule has 0 amide bonds. The highest BCUT2D eigenvalue weighted by molar-refractivity contribution is 14.0. The molecule has 1 nitrogen and oxygen atoms in total. The highest BCUT2D eigenvalue weighted by Gasteiger charge is 2.08. The highest BCUT2D eigenvalue weighted by Crippen LogP contribution is 2.29. The minimum absolute atomic E-state index is 0. The van der Waals surface area contributed by atoms with E-state index >= 15 is 0 Å². The van der Waals surface area contributed by atoms with Gasteiger partial charge in [0, 0.05) is 23.0 Å². The number of hydrogen-bond donors (Lipinski definition) is 0. The summed E-state index contributed by atoms with van der Waals surface area (Å²) in [6.45, 7) is 4.00. The summed E-state index contributed by atoms with van der Waals surface area (Å²) in [5.41, 5.74) is 1.47. The fraction of sp³-hybridized carbons (Fsp3) is 0.444. The van der Waals surface area contributed by atoms with Crippen LogP contribution in [0, 0.1) is 0 Å². The second-order valence-electron chi connectivity index (χ2n) is 2.08. The summed E-state index contributed by atoms with van der Waals surface area (Å²) < 4.78 is 0. The van der Waals surface area contributed by atoms with Gasteiger partial charge in [0.1, 0.15) is 0 Å². The Bertz CT molecular complexity index is 205. The summed E-state index contributed by atoms with van der Waals surface area (Å²) in [5.74, 6) is 1.24. The third-order valence-electron chi connectivity index (χ3n) is 1.50. The standard InChI is InChI=1S/C7H7NS.C2H6.HI/c1-3-8-5-7-6(1)2-4-9-7;1-2;/h1,3,5H,2,4H2;1-2H3;1H. The van der Waals surface area contributed by atoms with Crippen molar-refractivity contribution >= 4 is 35.7 Å². The summed E-state index contributed by atoms with van der Waals surface area (Å²) in [6, 6.07) is 2.11. The van der Waals surface area contributed by atoms with E-state index in [9.17, 15) is 0 Å². The number of nitrogens with zero attached hydrogens (tertiary/aromatic N) is 1. The number of aromatic nitrogens is 1. The highest BCUT2D eigenvalue weighted by atomic mass is 127. The molecule has 2 rings (SSSR count). The molecule has 1 aliphatic heterocycles. The number of thioether (sulfide) groups is 1. The molecule has 0 unspecified atom stereocenters. The first-order valence-electron chi connectivity index (χ1n) is 4.02. The van der Waals surface area contributed by atoms with Gasteiger partial charge in [0.25, 0.3) is 0 Å². The van der Waals surface area contributed by atoms with Gasteiger partial charge in [-0.05, 0) is 18.1 Å². The molecule has 2 heterocycles. The fourth-order valence-electron chi connectivity index (χ4n) is 1.02. The van der Waals surface area contributed by atoms with Crippen molar-refractivity contribution in [2.24, 2.45) is 0 Å². The summed E-state index contributed by atoms with van der Waals surface area (Å²) in [6.07, 6.45) is 5.04. The van der Waals surface area contributed by atoms with E-state index in [1.165, 1.54) is 22.6 Å². The van der Waals surface area contributed by atoms with E-state index in [1.807, 2.05) is 38.0 Å². The molecule has 12 heavy (non-hydrogen) atoms. The minimum Gasteiger partial charge on any atom is -0.264 e. The second-order valence-corrected chi connectivity index (χ2v) is 3.22. The van der Waals surface area contributed by atoms with Crippen molar-refractivity contribution in [3.8, 4) is 0 Å². The molecule has 0 bridgehead atoms. The number of aryl methyl sites for hydroxylation is 1. The van der Waals surface area contributed by atoms with Crippen molar-refractivity contribution in [2.75, 3.05) is 5.75 Å². The molecule has 0 aromatic carbocycles. The lowest BCUT2D eigenvalue weighted by atomic mass is 10.2. The van der Waals surface area contributed by atoms with Gasteiger partial charge in [-0.15, -0.1) is 35.7 Å². The summed E-state index contributed by atoms with van der Waals surface area (Å²) in [5, 5.41) is 0. The van der Waals surface area contributed by atoms with Crippen molar-refractivity contribution in [3.05, 3.63) is 24.0 Å². The Kier molecular flexibility index (Phi) is 6.84. The molecule has 68 valence electrons. The maximum Gasteiger partial charge on any atom is 0.0406 e. The van der Waals surface area contributed by atoms with E-state index in [-0.39, 0.29) is 24.0 Å². The van der Waals surface area contributed by atoms with Crippen LogP contribution in [0.25, 0.3) is 0 Å². The molecule has 0 radical (unpaired) electrons. The monoisotopic (exact) mass is 295 g/mol. The molecule has 0 atom stereocenters. The molecule has 1 aliphatic rings. The third kappa shape index (κ3) is 2.94. The normalized spacial score (nSPS) is 12.2. The van der Waals surface area contributed by atoms with Crippen LogP contribution < -0.4 is 0 Å². The predicted molar refractivity (Wildman–Crippen MR) is 65.4 cm³/mol. The molecule has 0 aliphatic carbocycles. The van der Waals surface area contributed by atoms with E-state index in [0.717, 1.165) is 0 Å². The zero-order chi connectivity index (χ0) is 8.10. The lowest BCUT2D eigenvalue weighted by Gasteiger charge is -1.91. The molecule has 1 aromatic heterocycles. The van der Waals surface area contributed by atoms with Gasteiger partial charge in [-0.2, -0.15) is 0 Å². The summed E-state index contributed by atoms with van der Waals surface area (Å²) in [4.78, 5) is 5.41. The second kappa shape index (κ2) is 6.71. The Labute approximate surface area is 95.4 Å². The number of rotatable bonds is 0.